The molecule has 9 heteroatoms. The summed E-state index contributed by atoms with van der Waals surface area (Å²) in [6, 6.07) is 10.9. The molecule has 9 nitrogen and oxygen atoms in total. The number of nitrogens with zero attached hydrogens (tertiary/aromatic N) is 2. The topological polar surface area (TPSA) is 156 Å². The molecule has 0 fully saturated rings. The Labute approximate surface area is 135 Å². The largest absolute Gasteiger partial charge is 0.507 e. The lowest BCUT2D eigenvalue weighted by atomic mass is 9.98. The van der Waals surface area contributed by atoms with Crippen molar-refractivity contribution in [2.75, 3.05) is 0 Å². The molecule has 2 rings (SSSR count). The van der Waals surface area contributed by atoms with E-state index in [0.717, 1.165) is 18.2 Å². The zero-order chi connectivity index (χ0) is 17.9. The molecule has 4 N–H and O–H groups in total. The van der Waals surface area contributed by atoms with Gasteiger partial charge in [0.2, 0.25) is 0 Å². The summed E-state index contributed by atoms with van der Waals surface area (Å²) in [5, 5.41) is 40.1. The second-order valence-electron chi connectivity index (χ2n) is 4.72. The molecule has 0 aliphatic rings. The standard InChI is InChI=1S/C15H12N4O5/c16-15(17)13(14(20)9-4-2-1-3-5-9)11-7-6-10(18(21)22)8-12(11)19(23)24/h1-8,20H,(H3,16,17). The van der Waals surface area contributed by atoms with Crippen molar-refractivity contribution in [3.8, 4) is 0 Å². The molecule has 0 aliphatic carbocycles. The van der Waals surface area contributed by atoms with Crippen molar-refractivity contribution in [1.29, 1.82) is 5.41 Å². The van der Waals surface area contributed by atoms with Gasteiger partial charge in [-0.15, -0.1) is 0 Å². The summed E-state index contributed by atoms with van der Waals surface area (Å²) in [7, 11) is 0. The number of hydrogen-bond donors (Lipinski definition) is 3. The number of nitro groups is 2. The van der Waals surface area contributed by atoms with Gasteiger partial charge in [0.05, 0.1) is 27.0 Å². The first-order valence-corrected chi connectivity index (χ1v) is 6.59. The number of hydrogen-bond acceptors (Lipinski definition) is 6. The lowest BCUT2D eigenvalue weighted by molar-refractivity contribution is -0.394. The van der Waals surface area contributed by atoms with E-state index in [1.54, 1.807) is 18.2 Å². The lowest BCUT2D eigenvalue weighted by Gasteiger charge is -2.10. The first kappa shape index (κ1) is 16.6. The van der Waals surface area contributed by atoms with Crippen LogP contribution in [0.25, 0.3) is 11.3 Å². The van der Waals surface area contributed by atoms with Gasteiger partial charge in [-0.25, -0.2) is 0 Å². The summed E-state index contributed by atoms with van der Waals surface area (Å²) in [6.07, 6.45) is 0. The first-order chi connectivity index (χ1) is 11.3. The third-order valence-corrected chi connectivity index (χ3v) is 3.21. The van der Waals surface area contributed by atoms with Crippen LogP contribution in [0.1, 0.15) is 11.1 Å². The highest BCUT2D eigenvalue weighted by Crippen LogP contribution is 2.33. The zero-order valence-corrected chi connectivity index (χ0v) is 12.2. The summed E-state index contributed by atoms with van der Waals surface area (Å²) >= 11 is 0. The quantitative estimate of drug-likeness (QED) is 0.191. The molecule has 0 radical (unpaired) electrons. The Morgan fingerprint density at radius 3 is 2.17 bits per heavy atom. The van der Waals surface area contributed by atoms with Gasteiger partial charge in [-0.1, -0.05) is 30.3 Å². The number of non-ortho nitro benzene ring substituents is 1. The van der Waals surface area contributed by atoms with Crippen LogP contribution < -0.4 is 5.73 Å². The van der Waals surface area contributed by atoms with E-state index in [9.17, 15) is 25.3 Å². The molecule has 0 saturated heterocycles. The van der Waals surface area contributed by atoms with E-state index in [1.807, 2.05) is 0 Å². The smallest absolute Gasteiger partial charge is 0.284 e. The molecule has 0 amide bonds. The van der Waals surface area contributed by atoms with Gasteiger partial charge in [0.1, 0.15) is 11.6 Å². The van der Waals surface area contributed by atoms with Crippen molar-refractivity contribution in [3.63, 3.8) is 0 Å². The third kappa shape index (κ3) is 3.19. The minimum absolute atomic E-state index is 0.181. The number of amidine groups is 1. The number of benzene rings is 2. The van der Waals surface area contributed by atoms with E-state index in [-0.39, 0.29) is 11.1 Å². The summed E-state index contributed by atoms with van der Waals surface area (Å²) < 4.78 is 0. The molecule has 0 aromatic heterocycles. The predicted molar refractivity (Wildman–Crippen MR) is 87.5 cm³/mol. The number of nitro benzene ring substituents is 2. The molecule has 0 heterocycles. The molecular formula is C15H12N4O5. The minimum atomic E-state index is -0.830. The second kappa shape index (κ2) is 6.57. The van der Waals surface area contributed by atoms with Crippen molar-refractivity contribution >= 4 is 28.5 Å². The van der Waals surface area contributed by atoms with Crippen molar-refractivity contribution in [2.24, 2.45) is 5.73 Å². The van der Waals surface area contributed by atoms with E-state index in [1.165, 1.54) is 12.1 Å². The van der Waals surface area contributed by atoms with E-state index in [4.69, 9.17) is 11.1 Å². The van der Waals surface area contributed by atoms with Gasteiger partial charge in [0.25, 0.3) is 11.4 Å². The number of aliphatic hydroxyl groups excluding tert-OH is 1. The average molecular weight is 328 g/mol. The molecule has 2 aromatic rings. The maximum absolute atomic E-state index is 11.3. The Hall–Kier alpha value is -3.75. The fourth-order valence-electron chi connectivity index (χ4n) is 2.14. The van der Waals surface area contributed by atoms with Crippen LogP contribution in [0.4, 0.5) is 11.4 Å². The summed E-state index contributed by atoms with van der Waals surface area (Å²) in [5.41, 5.74) is 4.22. The number of nitrogens with two attached hydrogens (primary N) is 1. The fraction of sp³-hybridized carbons (Fsp3) is 0. The average Bonchev–Trinajstić information content (AvgIpc) is 2.55. The van der Waals surface area contributed by atoms with Crippen molar-refractivity contribution in [2.45, 2.75) is 0 Å². The second-order valence-corrected chi connectivity index (χ2v) is 4.72. The zero-order valence-electron chi connectivity index (χ0n) is 12.2. The van der Waals surface area contributed by atoms with Crippen LogP contribution in [0.3, 0.4) is 0 Å². The van der Waals surface area contributed by atoms with Crippen LogP contribution in [-0.2, 0) is 0 Å². The van der Waals surface area contributed by atoms with Crippen LogP contribution in [-0.4, -0.2) is 20.8 Å². The predicted octanol–water partition coefficient (Wildman–Crippen LogP) is 2.87. The molecule has 0 bridgehead atoms. The number of nitrogens with one attached hydrogen (secondary N) is 1. The van der Waals surface area contributed by atoms with Gasteiger partial charge in [-0.3, -0.25) is 25.6 Å². The van der Waals surface area contributed by atoms with Crippen LogP contribution in [0, 0.1) is 25.6 Å². The Morgan fingerprint density at radius 2 is 1.67 bits per heavy atom. The molecule has 2 aromatic carbocycles. The summed E-state index contributed by atoms with van der Waals surface area (Å²) in [5.74, 6) is -1.03. The third-order valence-electron chi connectivity index (χ3n) is 3.21. The Kier molecular flexibility index (Phi) is 4.55. The SMILES string of the molecule is N=C(N)C(=C(O)c1ccccc1)c1ccc([N+](=O)[O-])cc1[N+](=O)[O-]. The highest BCUT2D eigenvalue weighted by atomic mass is 16.6. The summed E-state index contributed by atoms with van der Waals surface area (Å²) in [6.45, 7) is 0. The molecule has 0 aliphatic heterocycles. The molecule has 122 valence electrons. The van der Waals surface area contributed by atoms with Crippen LogP contribution in [0.15, 0.2) is 48.5 Å². The van der Waals surface area contributed by atoms with Crippen molar-refractivity contribution < 1.29 is 15.0 Å². The molecule has 0 saturated carbocycles. The monoisotopic (exact) mass is 328 g/mol. The van der Waals surface area contributed by atoms with Crippen molar-refractivity contribution in [1.82, 2.24) is 0 Å². The van der Waals surface area contributed by atoms with Gasteiger partial charge in [0, 0.05) is 11.6 Å². The Bertz CT molecular complexity index is 861. The number of aliphatic hydroxyl groups is 1. The minimum Gasteiger partial charge on any atom is -0.507 e. The van der Waals surface area contributed by atoms with E-state index >= 15 is 0 Å². The highest BCUT2D eigenvalue weighted by Gasteiger charge is 2.25. The summed E-state index contributed by atoms with van der Waals surface area (Å²) in [4.78, 5) is 20.4. The van der Waals surface area contributed by atoms with E-state index in [0.29, 0.717) is 5.56 Å². The highest BCUT2D eigenvalue weighted by molar-refractivity contribution is 6.27. The maximum atomic E-state index is 11.3. The Balaban J connectivity index is 2.76. The van der Waals surface area contributed by atoms with Gasteiger partial charge in [-0.05, 0) is 6.07 Å². The molecular weight excluding hydrogens is 316 g/mol. The van der Waals surface area contributed by atoms with Gasteiger partial charge >= 0.3 is 0 Å². The van der Waals surface area contributed by atoms with Gasteiger partial charge in [-0.2, -0.15) is 0 Å². The lowest BCUT2D eigenvalue weighted by Crippen LogP contribution is -2.15. The van der Waals surface area contributed by atoms with Crippen LogP contribution in [0.5, 0.6) is 0 Å². The van der Waals surface area contributed by atoms with Crippen LogP contribution >= 0.6 is 0 Å². The maximum Gasteiger partial charge on any atom is 0.284 e. The normalized spacial score (nSPS) is 11.5. The molecule has 0 atom stereocenters. The van der Waals surface area contributed by atoms with E-state index < -0.39 is 32.8 Å². The Morgan fingerprint density at radius 1 is 1.04 bits per heavy atom. The first-order valence-electron chi connectivity index (χ1n) is 6.59. The van der Waals surface area contributed by atoms with E-state index in [2.05, 4.69) is 0 Å². The molecule has 24 heavy (non-hydrogen) atoms. The van der Waals surface area contributed by atoms with Gasteiger partial charge in [0.15, 0.2) is 0 Å². The molecule has 0 spiro atoms. The number of rotatable bonds is 5. The van der Waals surface area contributed by atoms with Crippen molar-refractivity contribution in [3.05, 3.63) is 79.9 Å². The van der Waals surface area contributed by atoms with Crippen LogP contribution in [0.2, 0.25) is 0 Å². The van der Waals surface area contributed by atoms with Gasteiger partial charge < -0.3 is 10.8 Å². The fourth-order valence-corrected chi connectivity index (χ4v) is 2.14. The molecule has 0 unspecified atom stereocenters.